The Morgan fingerprint density at radius 1 is 1.15 bits per heavy atom. The van der Waals surface area contributed by atoms with Gasteiger partial charge in [-0.3, -0.25) is 0 Å². The van der Waals surface area contributed by atoms with Crippen LogP contribution in [0.4, 0.5) is 0 Å². The first-order valence-electron chi connectivity index (χ1n) is 7.69. The van der Waals surface area contributed by atoms with E-state index < -0.39 is 0 Å². The summed E-state index contributed by atoms with van der Waals surface area (Å²) in [6.07, 6.45) is 0. The molecule has 0 saturated carbocycles. The van der Waals surface area contributed by atoms with E-state index >= 15 is 0 Å². The molecule has 1 unspecified atom stereocenters. The molecule has 0 bridgehead atoms. The second-order valence-corrected chi connectivity index (χ2v) is 7.13. The summed E-state index contributed by atoms with van der Waals surface area (Å²) in [5.74, 6) is 1.19. The molecule has 20 heavy (non-hydrogen) atoms. The minimum absolute atomic E-state index is 0.217. The van der Waals surface area contributed by atoms with Gasteiger partial charge in [-0.1, -0.05) is 71.5 Å². The predicted molar refractivity (Wildman–Crippen MR) is 89.9 cm³/mol. The van der Waals surface area contributed by atoms with Gasteiger partial charge in [0.25, 0.3) is 0 Å². The molecule has 0 spiro atoms. The maximum atomic E-state index is 4.15. The van der Waals surface area contributed by atoms with E-state index in [0.29, 0.717) is 11.8 Å². The van der Waals surface area contributed by atoms with Crippen LogP contribution in [-0.2, 0) is 0 Å². The summed E-state index contributed by atoms with van der Waals surface area (Å²) < 4.78 is 0. The summed E-state index contributed by atoms with van der Waals surface area (Å²) in [4.78, 5) is 2.43. The minimum Gasteiger partial charge on any atom is -0.375 e. The SMILES string of the molecule is C=C(C)N(CC(C)C)CC(C)(C)C(C)c1ccccc1. The number of rotatable bonds is 7. The molecule has 0 amide bonds. The van der Waals surface area contributed by atoms with Crippen molar-refractivity contribution in [2.24, 2.45) is 11.3 Å². The van der Waals surface area contributed by atoms with Gasteiger partial charge in [0.1, 0.15) is 0 Å². The number of nitrogens with zero attached hydrogens (tertiary/aromatic N) is 1. The van der Waals surface area contributed by atoms with E-state index in [1.165, 1.54) is 11.3 Å². The van der Waals surface area contributed by atoms with Gasteiger partial charge in [0, 0.05) is 18.8 Å². The summed E-state index contributed by atoms with van der Waals surface area (Å²) in [5.41, 5.74) is 2.81. The van der Waals surface area contributed by atoms with Crippen LogP contribution in [0.3, 0.4) is 0 Å². The molecule has 0 radical (unpaired) electrons. The maximum absolute atomic E-state index is 4.15. The maximum Gasteiger partial charge on any atom is 0.0231 e. The van der Waals surface area contributed by atoms with Crippen molar-refractivity contribution in [3.8, 4) is 0 Å². The molecule has 1 nitrogen and oxygen atoms in total. The summed E-state index contributed by atoms with van der Waals surface area (Å²) in [5, 5.41) is 0. The highest BCUT2D eigenvalue weighted by Gasteiger charge is 2.29. The van der Waals surface area contributed by atoms with Crippen molar-refractivity contribution in [3.63, 3.8) is 0 Å². The van der Waals surface area contributed by atoms with Gasteiger partial charge in [-0.15, -0.1) is 0 Å². The van der Waals surface area contributed by atoms with Crippen LogP contribution in [0.15, 0.2) is 42.6 Å². The van der Waals surface area contributed by atoms with Gasteiger partial charge in [0.15, 0.2) is 0 Å². The van der Waals surface area contributed by atoms with Crippen LogP contribution in [0.25, 0.3) is 0 Å². The average molecular weight is 273 g/mol. The van der Waals surface area contributed by atoms with E-state index in [2.05, 4.69) is 83.4 Å². The molecule has 0 aliphatic carbocycles. The molecular formula is C19H31N. The van der Waals surface area contributed by atoms with Gasteiger partial charge in [0.05, 0.1) is 0 Å². The Bertz CT molecular complexity index is 417. The van der Waals surface area contributed by atoms with E-state index in [9.17, 15) is 0 Å². The smallest absolute Gasteiger partial charge is 0.0231 e. The first kappa shape index (κ1) is 16.8. The molecule has 1 heteroatoms. The zero-order chi connectivity index (χ0) is 15.3. The third-order valence-electron chi connectivity index (χ3n) is 4.20. The lowest BCUT2D eigenvalue weighted by Crippen LogP contribution is -2.38. The lowest BCUT2D eigenvalue weighted by molar-refractivity contribution is 0.176. The van der Waals surface area contributed by atoms with Crippen molar-refractivity contribution in [1.29, 1.82) is 0 Å². The van der Waals surface area contributed by atoms with Gasteiger partial charge >= 0.3 is 0 Å². The molecule has 1 aromatic rings. The Morgan fingerprint density at radius 3 is 2.15 bits per heavy atom. The molecule has 0 aliphatic rings. The van der Waals surface area contributed by atoms with Crippen LogP contribution < -0.4 is 0 Å². The topological polar surface area (TPSA) is 3.24 Å². The fourth-order valence-corrected chi connectivity index (χ4v) is 2.62. The molecule has 0 fully saturated rings. The zero-order valence-corrected chi connectivity index (χ0v) is 14.1. The molecule has 0 saturated heterocycles. The molecule has 0 N–H and O–H groups in total. The largest absolute Gasteiger partial charge is 0.375 e. The fraction of sp³-hybridized carbons (Fsp3) is 0.579. The second-order valence-electron chi connectivity index (χ2n) is 7.13. The monoisotopic (exact) mass is 273 g/mol. The molecule has 0 aliphatic heterocycles. The van der Waals surface area contributed by atoms with Crippen LogP contribution in [0, 0.1) is 11.3 Å². The van der Waals surface area contributed by atoms with E-state index in [4.69, 9.17) is 0 Å². The molecule has 1 aromatic carbocycles. The Morgan fingerprint density at radius 2 is 1.70 bits per heavy atom. The number of hydrogen-bond acceptors (Lipinski definition) is 1. The van der Waals surface area contributed by atoms with Crippen molar-refractivity contribution < 1.29 is 0 Å². The highest BCUT2D eigenvalue weighted by atomic mass is 15.1. The summed E-state index contributed by atoms with van der Waals surface area (Å²) in [6, 6.07) is 10.8. The van der Waals surface area contributed by atoms with E-state index in [1.54, 1.807) is 0 Å². The van der Waals surface area contributed by atoms with Gasteiger partial charge < -0.3 is 4.90 Å². The van der Waals surface area contributed by atoms with Gasteiger partial charge in [-0.2, -0.15) is 0 Å². The van der Waals surface area contributed by atoms with Gasteiger partial charge in [-0.25, -0.2) is 0 Å². The Kier molecular flexibility index (Phi) is 5.86. The molecule has 112 valence electrons. The number of benzene rings is 1. The van der Waals surface area contributed by atoms with Crippen molar-refractivity contribution in [3.05, 3.63) is 48.2 Å². The first-order chi connectivity index (χ1) is 9.24. The summed E-state index contributed by atoms with van der Waals surface area (Å²) in [7, 11) is 0. The quantitative estimate of drug-likeness (QED) is 0.651. The molecule has 0 aromatic heterocycles. The first-order valence-corrected chi connectivity index (χ1v) is 7.69. The lowest BCUT2D eigenvalue weighted by atomic mass is 9.75. The van der Waals surface area contributed by atoms with Crippen molar-refractivity contribution >= 4 is 0 Å². The van der Waals surface area contributed by atoms with E-state index in [1.807, 2.05) is 0 Å². The fourth-order valence-electron chi connectivity index (χ4n) is 2.62. The van der Waals surface area contributed by atoms with Crippen LogP contribution in [-0.4, -0.2) is 18.0 Å². The minimum atomic E-state index is 0.217. The Labute approximate surface area is 125 Å². The third-order valence-corrected chi connectivity index (χ3v) is 4.20. The highest BCUT2D eigenvalue weighted by Crippen LogP contribution is 2.36. The van der Waals surface area contributed by atoms with Crippen LogP contribution >= 0.6 is 0 Å². The third kappa shape index (κ3) is 4.70. The Balaban J connectivity index is 2.83. The second kappa shape index (κ2) is 6.97. The average Bonchev–Trinajstić information content (AvgIpc) is 2.37. The summed E-state index contributed by atoms with van der Waals surface area (Å²) >= 11 is 0. The standard InChI is InChI=1S/C19H31N/c1-15(2)13-20(16(3)4)14-19(6,7)17(5)18-11-9-8-10-12-18/h8-12,15,17H,3,13-14H2,1-2,4-7H3. The van der Waals surface area contributed by atoms with Crippen LogP contribution in [0.2, 0.25) is 0 Å². The highest BCUT2D eigenvalue weighted by molar-refractivity contribution is 5.21. The van der Waals surface area contributed by atoms with Gasteiger partial charge in [0.2, 0.25) is 0 Å². The number of allylic oxidation sites excluding steroid dienone is 1. The molecule has 0 heterocycles. The van der Waals surface area contributed by atoms with Crippen LogP contribution in [0.5, 0.6) is 0 Å². The zero-order valence-electron chi connectivity index (χ0n) is 14.1. The predicted octanol–water partition coefficient (Wildman–Crippen LogP) is 5.31. The molecular weight excluding hydrogens is 242 g/mol. The van der Waals surface area contributed by atoms with Crippen molar-refractivity contribution in [2.75, 3.05) is 13.1 Å². The van der Waals surface area contributed by atoms with Crippen LogP contribution in [0.1, 0.15) is 53.0 Å². The van der Waals surface area contributed by atoms with Gasteiger partial charge in [-0.05, 0) is 29.7 Å². The normalized spacial score (nSPS) is 13.3. The number of hydrogen-bond donors (Lipinski definition) is 0. The van der Waals surface area contributed by atoms with E-state index in [0.717, 1.165) is 13.1 Å². The molecule has 1 rings (SSSR count). The van der Waals surface area contributed by atoms with Crippen molar-refractivity contribution in [2.45, 2.75) is 47.5 Å². The Hall–Kier alpha value is -1.24. The molecule has 1 atom stereocenters. The lowest BCUT2D eigenvalue weighted by Gasteiger charge is -2.39. The van der Waals surface area contributed by atoms with Crippen molar-refractivity contribution in [1.82, 2.24) is 4.90 Å². The van der Waals surface area contributed by atoms with E-state index in [-0.39, 0.29) is 5.41 Å². The summed E-state index contributed by atoms with van der Waals surface area (Å²) in [6.45, 7) is 20.0.